The van der Waals surface area contributed by atoms with Gasteiger partial charge in [0.05, 0.1) is 0 Å². The SMILES string of the molecule is Cc1ccc(OC(F)F)c(CN)c1Br. The molecule has 2 nitrogen and oxygen atoms in total. The molecule has 78 valence electrons. The highest BCUT2D eigenvalue weighted by Gasteiger charge is 2.12. The molecule has 1 rings (SSSR count). The Morgan fingerprint density at radius 3 is 2.64 bits per heavy atom. The molecule has 0 aromatic heterocycles. The highest BCUT2D eigenvalue weighted by Crippen LogP contribution is 2.30. The molecule has 0 saturated carbocycles. The molecule has 0 spiro atoms. The summed E-state index contributed by atoms with van der Waals surface area (Å²) in [6, 6.07) is 3.19. The molecule has 5 heteroatoms. The number of alkyl halides is 2. The molecule has 0 saturated heterocycles. The van der Waals surface area contributed by atoms with Crippen LogP contribution in [0.25, 0.3) is 0 Å². The lowest BCUT2D eigenvalue weighted by atomic mass is 10.1. The van der Waals surface area contributed by atoms with E-state index < -0.39 is 6.61 Å². The van der Waals surface area contributed by atoms with Crippen molar-refractivity contribution in [2.45, 2.75) is 20.1 Å². The van der Waals surface area contributed by atoms with Gasteiger partial charge < -0.3 is 10.5 Å². The van der Waals surface area contributed by atoms with Gasteiger partial charge in [0.15, 0.2) is 0 Å². The average Bonchev–Trinajstić information content (AvgIpc) is 2.11. The molecule has 1 aromatic carbocycles. The molecule has 14 heavy (non-hydrogen) atoms. The lowest BCUT2D eigenvalue weighted by molar-refractivity contribution is -0.0504. The van der Waals surface area contributed by atoms with Crippen molar-refractivity contribution in [3.05, 3.63) is 27.7 Å². The zero-order chi connectivity index (χ0) is 10.7. The second-order valence-corrected chi connectivity index (χ2v) is 3.55. The molecule has 0 radical (unpaired) electrons. The highest BCUT2D eigenvalue weighted by atomic mass is 79.9. The molecule has 0 unspecified atom stereocenters. The van der Waals surface area contributed by atoms with Crippen LogP contribution >= 0.6 is 15.9 Å². The van der Waals surface area contributed by atoms with Gasteiger partial charge in [-0.05, 0) is 18.6 Å². The Morgan fingerprint density at radius 1 is 1.50 bits per heavy atom. The normalized spacial score (nSPS) is 10.7. The number of ether oxygens (including phenoxy) is 1. The Kier molecular flexibility index (Phi) is 3.83. The predicted octanol–water partition coefficient (Wildman–Crippen LogP) is 2.82. The van der Waals surface area contributed by atoms with Crippen molar-refractivity contribution in [1.82, 2.24) is 0 Å². The minimum absolute atomic E-state index is 0.125. The quantitative estimate of drug-likeness (QED) is 0.912. The van der Waals surface area contributed by atoms with Crippen molar-refractivity contribution in [2.75, 3.05) is 0 Å². The minimum Gasteiger partial charge on any atom is -0.434 e. The van der Waals surface area contributed by atoms with Gasteiger partial charge in [0, 0.05) is 16.6 Å². The Balaban J connectivity index is 3.10. The zero-order valence-corrected chi connectivity index (χ0v) is 9.14. The number of aryl methyl sites for hydroxylation is 1. The van der Waals surface area contributed by atoms with Crippen molar-refractivity contribution in [2.24, 2.45) is 5.73 Å². The second kappa shape index (κ2) is 4.70. The molecule has 2 N–H and O–H groups in total. The molecule has 1 aromatic rings. The summed E-state index contributed by atoms with van der Waals surface area (Å²) >= 11 is 3.28. The maximum atomic E-state index is 12.0. The maximum Gasteiger partial charge on any atom is 0.387 e. The topological polar surface area (TPSA) is 35.2 Å². The number of hydrogen-bond donors (Lipinski definition) is 1. The Hall–Kier alpha value is -0.680. The van der Waals surface area contributed by atoms with E-state index >= 15 is 0 Å². The summed E-state index contributed by atoms with van der Waals surface area (Å²) in [5.41, 5.74) is 6.94. The fourth-order valence-corrected chi connectivity index (χ4v) is 1.61. The fourth-order valence-electron chi connectivity index (χ4n) is 1.12. The smallest absolute Gasteiger partial charge is 0.387 e. The van der Waals surface area contributed by atoms with Gasteiger partial charge in [-0.25, -0.2) is 0 Å². The fraction of sp³-hybridized carbons (Fsp3) is 0.333. The molecule has 0 amide bonds. The van der Waals surface area contributed by atoms with Crippen LogP contribution in [0.2, 0.25) is 0 Å². The average molecular weight is 266 g/mol. The third-order valence-corrected chi connectivity index (χ3v) is 2.92. The maximum absolute atomic E-state index is 12.0. The third-order valence-electron chi connectivity index (χ3n) is 1.81. The standard InChI is InChI=1S/C9H10BrF2NO/c1-5-2-3-7(14-9(11)12)6(4-13)8(5)10/h2-3,9H,4,13H2,1H3. The first-order valence-electron chi connectivity index (χ1n) is 3.99. The summed E-state index contributed by atoms with van der Waals surface area (Å²) in [5, 5.41) is 0. The van der Waals surface area contributed by atoms with Crippen LogP contribution in [-0.2, 0) is 6.54 Å². The largest absolute Gasteiger partial charge is 0.434 e. The summed E-state index contributed by atoms with van der Waals surface area (Å²) in [6.45, 7) is -0.811. The van der Waals surface area contributed by atoms with E-state index in [1.165, 1.54) is 6.07 Å². The van der Waals surface area contributed by atoms with Crippen LogP contribution < -0.4 is 10.5 Å². The lowest BCUT2D eigenvalue weighted by Gasteiger charge is -2.12. The van der Waals surface area contributed by atoms with Crippen LogP contribution in [0.1, 0.15) is 11.1 Å². The van der Waals surface area contributed by atoms with Crippen molar-refractivity contribution in [1.29, 1.82) is 0 Å². The van der Waals surface area contributed by atoms with E-state index in [1.54, 1.807) is 6.07 Å². The van der Waals surface area contributed by atoms with Crippen LogP contribution in [0.4, 0.5) is 8.78 Å². The summed E-state index contributed by atoms with van der Waals surface area (Å²) in [4.78, 5) is 0. The Morgan fingerprint density at radius 2 is 2.14 bits per heavy atom. The lowest BCUT2D eigenvalue weighted by Crippen LogP contribution is -2.08. The molecule has 0 atom stereocenters. The summed E-state index contributed by atoms with van der Waals surface area (Å²) in [5.74, 6) is 0.125. The van der Waals surface area contributed by atoms with E-state index in [4.69, 9.17) is 5.73 Å². The molecule has 0 fully saturated rings. The number of nitrogens with two attached hydrogens (primary N) is 1. The van der Waals surface area contributed by atoms with Crippen LogP contribution in [0.15, 0.2) is 16.6 Å². The van der Waals surface area contributed by atoms with Crippen molar-refractivity contribution in [3.8, 4) is 5.75 Å². The van der Waals surface area contributed by atoms with Gasteiger partial charge in [0.25, 0.3) is 0 Å². The van der Waals surface area contributed by atoms with Gasteiger partial charge in [-0.1, -0.05) is 22.0 Å². The molecular weight excluding hydrogens is 256 g/mol. The van der Waals surface area contributed by atoms with Crippen LogP contribution in [-0.4, -0.2) is 6.61 Å². The van der Waals surface area contributed by atoms with Gasteiger partial charge in [-0.3, -0.25) is 0 Å². The van der Waals surface area contributed by atoms with E-state index in [0.29, 0.717) is 5.56 Å². The third kappa shape index (κ3) is 2.42. The van der Waals surface area contributed by atoms with Gasteiger partial charge >= 0.3 is 6.61 Å². The van der Waals surface area contributed by atoms with Gasteiger partial charge in [-0.2, -0.15) is 8.78 Å². The highest BCUT2D eigenvalue weighted by molar-refractivity contribution is 9.10. The van der Waals surface area contributed by atoms with E-state index in [-0.39, 0.29) is 12.3 Å². The minimum atomic E-state index is -2.82. The monoisotopic (exact) mass is 265 g/mol. The number of benzene rings is 1. The summed E-state index contributed by atoms with van der Waals surface area (Å²) < 4.78 is 29.0. The van der Waals surface area contributed by atoms with Crippen molar-refractivity contribution >= 4 is 15.9 Å². The van der Waals surface area contributed by atoms with E-state index in [1.807, 2.05) is 6.92 Å². The molecule has 0 heterocycles. The molecule has 0 aliphatic rings. The number of hydrogen-bond acceptors (Lipinski definition) is 2. The predicted molar refractivity (Wildman–Crippen MR) is 53.4 cm³/mol. The first-order chi connectivity index (χ1) is 6.56. The van der Waals surface area contributed by atoms with Crippen molar-refractivity contribution < 1.29 is 13.5 Å². The van der Waals surface area contributed by atoms with Gasteiger partial charge in [-0.15, -0.1) is 0 Å². The number of rotatable bonds is 3. The summed E-state index contributed by atoms with van der Waals surface area (Å²) in [7, 11) is 0. The number of halogens is 3. The first-order valence-corrected chi connectivity index (χ1v) is 4.78. The molecule has 0 aliphatic heterocycles. The molecule has 0 aliphatic carbocycles. The van der Waals surface area contributed by atoms with E-state index in [9.17, 15) is 8.78 Å². The zero-order valence-electron chi connectivity index (χ0n) is 7.56. The van der Waals surface area contributed by atoms with E-state index in [0.717, 1.165) is 10.0 Å². The first kappa shape index (κ1) is 11.4. The van der Waals surface area contributed by atoms with E-state index in [2.05, 4.69) is 20.7 Å². The molecule has 0 bridgehead atoms. The Labute approximate surface area is 89.2 Å². The second-order valence-electron chi connectivity index (χ2n) is 2.76. The van der Waals surface area contributed by atoms with Gasteiger partial charge in [0.1, 0.15) is 5.75 Å². The van der Waals surface area contributed by atoms with Crippen LogP contribution in [0.3, 0.4) is 0 Å². The molecular formula is C9H10BrF2NO. The van der Waals surface area contributed by atoms with Crippen LogP contribution in [0.5, 0.6) is 5.75 Å². The van der Waals surface area contributed by atoms with Crippen LogP contribution in [0, 0.1) is 6.92 Å². The van der Waals surface area contributed by atoms with Crippen molar-refractivity contribution in [3.63, 3.8) is 0 Å². The summed E-state index contributed by atoms with van der Waals surface area (Å²) in [6.07, 6.45) is 0. The Bertz CT molecular complexity index is 331. The van der Waals surface area contributed by atoms with Gasteiger partial charge in [0.2, 0.25) is 0 Å².